The molecule has 3 rings (SSSR count). The van der Waals surface area contributed by atoms with Gasteiger partial charge in [0.25, 0.3) is 0 Å². The van der Waals surface area contributed by atoms with Crippen molar-refractivity contribution < 1.29 is 4.79 Å². The summed E-state index contributed by atoms with van der Waals surface area (Å²) >= 11 is 0. The molecule has 0 unspecified atom stereocenters. The summed E-state index contributed by atoms with van der Waals surface area (Å²) in [5.41, 5.74) is 1.76. The van der Waals surface area contributed by atoms with Crippen LogP contribution >= 0.6 is 0 Å². The molecule has 0 spiro atoms. The molecule has 1 aliphatic rings. The summed E-state index contributed by atoms with van der Waals surface area (Å²) < 4.78 is 0. The first-order valence-electron chi connectivity index (χ1n) is 6.66. The van der Waals surface area contributed by atoms with Gasteiger partial charge in [0.05, 0.1) is 12.1 Å². The van der Waals surface area contributed by atoms with Crippen molar-refractivity contribution in [1.82, 2.24) is 10.3 Å². The van der Waals surface area contributed by atoms with Gasteiger partial charge in [0.1, 0.15) is 0 Å². The number of nitrogens with zero attached hydrogens (tertiary/aromatic N) is 1. The molecule has 1 saturated carbocycles. The molecule has 4 heteroatoms. The average molecular weight is 255 g/mol. The fourth-order valence-electron chi connectivity index (χ4n) is 2.07. The van der Waals surface area contributed by atoms with Crippen LogP contribution in [0.3, 0.4) is 0 Å². The van der Waals surface area contributed by atoms with E-state index >= 15 is 0 Å². The second-order valence-electron chi connectivity index (χ2n) is 5.03. The number of pyridine rings is 1. The van der Waals surface area contributed by atoms with E-state index in [9.17, 15) is 4.79 Å². The van der Waals surface area contributed by atoms with E-state index in [0.29, 0.717) is 6.54 Å². The number of fused-ring (bicyclic) bond motifs is 1. The normalized spacial score (nSPS) is 14.5. The molecule has 1 heterocycles. The maximum absolute atomic E-state index is 11.8. The van der Waals surface area contributed by atoms with Crippen LogP contribution in [-0.2, 0) is 4.79 Å². The standard InChI is InChI=1S/C15H17N3O/c19-15(10-16-9-11-3-4-11)18-13-5-6-14-12(8-13)2-1-7-17-14/h1-2,5-8,11,16H,3-4,9-10H2,(H,18,19). The van der Waals surface area contributed by atoms with E-state index in [4.69, 9.17) is 0 Å². The molecule has 98 valence electrons. The summed E-state index contributed by atoms with van der Waals surface area (Å²) in [7, 11) is 0. The number of anilines is 1. The average Bonchev–Trinajstić information content (AvgIpc) is 3.23. The largest absolute Gasteiger partial charge is 0.325 e. The van der Waals surface area contributed by atoms with Crippen LogP contribution in [-0.4, -0.2) is 24.0 Å². The van der Waals surface area contributed by atoms with Crippen LogP contribution in [0.2, 0.25) is 0 Å². The molecule has 1 fully saturated rings. The van der Waals surface area contributed by atoms with Gasteiger partial charge in [-0.15, -0.1) is 0 Å². The molecule has 0 radical (unpaired) electrons. The van der Waals surface area contributed by atoms with Crippen LogP contribution in [0.4, 0.5) is 5.69 Å². The van der Waals surface area contributed by atoms with Gasteiger partial charge in [0.2, 0.25) is 5.91 Å². The third-order valence-electron chi connectivity index (χ3n) is 3.30. The predicted octanol–water partition coefficient (Wildman–Crippen LogP) is 2.17. The van der Waals surface area contributed by atoms with Crippen molar-refractivity contribution in [2.75, 3.05) is 18.4 Å². The molecule has 4 nitrogen and oxygen atoms in total. The number of carbonyl (C=O) groups is 1. The molecule has 2 aromatic rings. The molecule has 1 aromatic carbocycles. The van der Waals surface area contributed by atoms with Crippen molar-refractivity contribution >= 4 is 22.5 Å². The molecule has 19 heavy (non-hydrogen) atoms. The monoisotopic (exact) mass is 255 g/mol. The van der Waals surface area contributed by atoms with Crippen molar-refractivity contribution in [2.45, 2.75) is 12.8 Å². The number of nitrogens with one attached hydrogen (secondary N) is 2. The minimum absolute atomic E-state index is 0.00360. The fraction of sp³-hybridized carbons (Fsp3) is 0.333. The van der Waals surface area contributed by atoms with Gasteiger partial charge in [-0.2, -0.15) is 0 Å². The first-order valence-corrected chi connectivity index (χ1v) is 6.66. The quantitative estimate of drug-likeness (QED) is 0.861. The summed E-state index contributed by atoms with van der Waals surface area (Å²) in [6.45, 7) is 1.33. The molecule has 0 atom stereocenters. The highest BCUT2D eigenvalue weighted by atomic mass is 16.1. The van der Waals surface area contributed by atoms with Crippen molar-refractivity contribution in [3.8, 4) is 0 Å². The van der Waals surface area contributed by atoms with E-state index < -0.39 is 0 Å². The Balaban J connectivity index is 1.58. The van der Waals surface area contributed by atoms with E-state index in [1.54, 1.807) is 6.20 Å². The van der Waals surface area contributed by atoms with Crippen LogP contribution in [0.25, 0.3) is 10.9 Å². The molecule has 1 aliphatic carbocycles. The van der Waals surface area contributed by atoms with Gasteiger partial charge in [-0.3, -0.25) is 9.78 Å². The van der Waals surface area contributed by atoms with E-state index in [1.807, 2.05) is 30.3 Å². The third-order valence-corrected chi connectivity index (χ3v) is 3.30. The molecule has 1 amide bonds. The number of hydrogen-bond acceptors (Lipinski definition) is 3. The first kappa shape index (κ1) is 12.1. The highest BCUT2D eigenvalue weighted by Crippen LogP contribution is 2.27. The Kier molecular flexibility index (Phi) is 3.42. The summed E-state index contributed by atoms with van der Waals surface area (Å²) in [6, 6.07) is 9.63. The fourth-order valence-corrected chi connectivity index (χ4v) is 2.07. The Morgan fingerprint density at radius 1 is 1.32 bits per heavy atom. The Hall–Kier alpha value is -1.94. The van der Waals surface area contributed by atoms with Crippen molar-refractivity contribution in [3.63, 3.8) is 0 Å². The second kappa shape index (κ2) is 5.36. The predicted molar refractivity (Wildman–Crippen MR) is 76.0 cm³/mol. The highest BCUT2D eigenvalue weighted by molar-refractivity contribution is 5.94. The van der Waals surface area contributed by atoms with Gasteiger partial charge >= 0.3 is 0 Å². The Bertz CT molecular complexity index is 593. The number of benzene rings is 1. The zero-order chi connectivity index (χ0) is 13.1. The lowest BCUT2D eigenvalue weighted by atomic mass is 10.2. The lowest BCUT2D eigenvalue weighted by molar-refractivity contribution is -0.115. The summed E-state index contributed by atoms with van der Waals surface area (Å²) in [5, 5.41) is 7.11. The van der Waals surface area contributed by atoms with Gasteiger partial charge in [-0.25, -0.2) is 0 Å². The molecule has 1 aromatic heterocycles. The Labute approximate surface area is 112 Å². The van der Waals surface area contributed by atoms with Crippen LogP contribution < -0.4 is 10.6 Å². The number of rotatable bonds is 5. The van der Waals surface area contributed by atoms with Crippen LogP contribution in [0.1, 0.15) is 12.8 Å². The van der Waals surface area contributed by atoms with Gasteiger partial charge in [0, 0.05) is 17.3 Å². The van der Waals surface area contributed by atoms with Crippen LogP contribution in [0, 0.1) is 5.92 Å². The zero-order valence-corrected chi connectivity index (χ0v) is 10.7. The van der Waals surface area contributed by atoms with Gasteiger partial charge in [0.15, 0.2) is 0 Å². The number of amides is 1. The Morgan fingerprint density at radius 3 is 3.05 bits per heavy atom. The second-order valence-corrected chi connectivity index (χ2v) is 5.03. The van der Waals surface area contributed by atoms with Crippen molar-refractivity contribution in [1.29, 1.82) is 0 Å². The Morgan fingerprint density at radius 2 is 2.21 bits per heavy atom. The van der Waals surface area contributed by atoms with Gasteiger partial charge in [-0.1, -0.05) is 6.07 Å². The lowest BCUT2D eigenvalue weighted by Gasteiger charge is -2.07. The van der Waals surface area contributed by atoms with E-state index in [1.165, 1.54) is 12.8 Å². The summed E-state index contributed by atoms with van der Waals surface area (Å²) in [6.07, 6.45) is 4.36. The van der Waals surface area contributed by atoms with E-state index in [2.05, 4.69) is 15.6 Å². The molecule has 2 N–H and O–H groups in total. The molecule has 0 aliphatic heterocycles. The SMILES string of the molecule is O=C(CNCC1CC1)Nc1ccc2ncccc2c1. The highest BCUT2D eigenvalue weighted by Gasteiger charge is 2.20. The van der Waals surface area contributed by atoms with Crippen LogP contribution in [0.5, 0.6) is 0 Å². The smallest absolute Gasteiger partial charge is 0.238 e. The van der Waals surface area contributed by atoms with Crippen molar-refractivity contribution in [3.05, 3.63) is 36.5 Å². The number of aromatic nitrogens is 1. The molecule has 0 saturated heterocycles. The number of hydrogen-bond donors (Lipinski definition) is 2. The maximum Gasteiger partial charge on any atom is 0.238 e. The maximum atomic E-state index is 11.8. The zero-order valence-electron chi connectivity index (χ0n) is 10.7. The molecular weight excluding hydrogens is 238 g/mol. The van der Waals surface area contributed by atoms with Gasteiger partial charge < -0.3 is 10.6 Å². The summed E-state index contributed by atoms with van der Waals surface area (Å²) in [4.78, 5) is 16.0. The molecule has 0 bridgehead atoms. The van der Waals surface area contributed by atoms with Gasteiger partial charge in [-0.05, 0) is 49.6 Å². The van der Waals surface area contributed by atoms with E-state index in [0.717, 1.165) is 29.1 Å². The minimum Gasteiger partial charge on any atom is -0.325 e. The number of carbonyl (C=O) groups excluding carboxylic acids is 1. The molecular formula is C15H17N3O. The van der Waals surface area contributed by atoms with E-state index in [-0.39, 0.29) is 5.91 Å². The lowest BCUT2D eigenvalue weighted by Crippen LogP contribution is -2.29. The summed E-state index contributed by atoms with van der Waals surface area (Å²) in [5.74, 6) is 0.795. The minimum atomic E-state index is 0.00360. The van der Waals surface area contributed by atoms with Crippen molar-refractivity contribution in [2.24, 2.45) is 5.92 Å². The van der Waals surface area contributed by atoms with Crippen LogP contribution in [0.15, 0.2) is 36.5 Å². The third kappa shape index (κ3) is 3.29. The first-order chi connectivity index (χ1) is 9.31. The topological polar surface area (TPSA) is 54.0 Å².